The molecule has 2 aromatic carbocycles. The van der Waals surface area contributed by atoms with Crippen LogP contribution < -0.4 is 21.1 Å². The molecular formula is C15H17N3O2. The number of hydrogen-bond acceptors (Lipinski definition) is 4. The van der Waals surface area contributed by atoms with Crippen LogP contribution in [0.4, 0.5) is 17.1 Å². The molecule has 2 aromatic rings. The lowest BCUT2D eigenvalue weighted by Gasteiger charge is -2.19. The van der Waals surface area contributed by atoms with E-state index in [9.17, 15) is 4.79 Å². The number of carbonyl (C=O) groups is 1. The van der Waals surface area contributed by atoms with Crippen LogP contribution in [0.5, 0.6) is 5.75 Å². The Morgan fingerprint density at radius 1 is 1.15 bits per heavy atom. The Balaban J connectivity index is 2.32. The number of hydrogen-bond donors (Lipinski definition) is 2. The van der Waals surface area contributed by atoms with E-state index in [4.69, 9.17) is 16.2 Å². The Bertz CT molecular complexity index is 641. The summed E-state index contributed by atoms with van der Waals surface area (Å²) in [6.07, 6.45) is 0. The third-order valence-electron chi connectivity index (χ3n) is 3.05. The number of nitrogens with zero attached hydrogens (tertiary/aromatic N) is 1. The van der Waals surface area contributed by atoms with Gasteiger partial charge < -0.3 is 21.1 Å². The highest BCUT2D eigenvalue weighted by atomic mass is 16.5. The van der Waals surface area contributed by atoms with Crippen molar-refractivity contribution in [2.24, 2.45) is 0 Å². The highest BCUT2D eigenvalue weighted by Crippen LogP contribution is 2.23. The normalized spacial score (nSPS) is 10.1. The molecular weight excluding hydrogens is 254 g/mol. The van der Waals surface area contributed by atoms with Crippen LogP contribution in [0.3, 0.4) is 0 Å². The predicted molar refractivity (Wildman–Crippen MR) is 81.0 cm³/mol. The van der Waals surface area contributed by atoms with Crippen molar-refractivity contribution in [1.82, 2.24) is 0 Å². The van der Waals surface area contributed by atoms with Crippen molar-refractivity contribution >= 4 is 23.0 Å². The van der Waals surface area contributed by atoms with Gasteiger partial charge in [0.15, 0.2) is 0 Å². The molecule has 5 nitrogen and oxygen atoms in total. The third kappa shape index (κ3) is 2.66. The number of nitrogens with two attached hydrogens (primary N) is 2. The van der Waals surface area contributed by atoms with Gasteiger partial charge in [0.05, 0.1) is 12.7 Å². The van der Waals surface area contributed by atoms with Gasteiger partial charge in [0, 0.05) is 30.2 Å². The van der Waals surface area contributed by atoms with Gasteiger partial charge in [0.2, 0.25) is 0 Å². The predicted octanol–water partition coefficient (Wildman–Crippen LogP) is 2.14. The number of amides is 1. The van der Waals surface area contributed by atoms with Crippen LogP contribution >= 0.6 is 0 Å². The van der Waals surface area contributed by atoms with Crippen molar-refractivity contribution < 1.29 is 9.53 Å². The zero-order chi connectivity index (χ0) is 14.7. The van der Waals surface area contributed by atoms with Crippen LogP contribution in [0.1, 0.15) is 10.4 Å². The zero-order valence-corrected chi connectivity index (χ0v) is 11.5. The molecule has 104 valence electrons. The average molecular weight is 271 g/mol. The summed E-state index contributed by atoms with van der Waals surface area (Å²) >= 11 is 0. The lowest BCUT2D eigenvalue weighted by molar-refractivity contribution is 0.0994. The maximum Gasteiger partial charge on any atom is 0.260 e. The van der Waals surface area contributed by atoms with Crippen LogP contribution in [0, 0.1) is 0 Å². The molecule has 0 saturated carbocycles. The molecule has 0 fully saturated rings. The number of anilines is 3. The van der Waals surface area contributed by atoms with Crippen LogP contribution in [0.2, 0.25) is 0 Å². The van der Waals surface area contributed by atoms with Gasteiger partial charge in [-0.1, -0.05) is 6.07 Å². The van der Waals surface area contributed by atoms with Crippen molar-refractivity contribution in [3.05, 3.63) is 48.0 Å². The SMILES string of the molecule is COc1cccc(N(C)C(=O)c2ccc(N)cc2N)c1. The van der Waals surface area contributed by atoms with Crippen LogP contribution in [0.25, 0.3) is 0 Å². The second-order valence-corrected chi connectivity index (χ2v) is 4.41. The van der Waals surface area contributed by atoms with Gasteiger partial charge in [-0.15, -0.1) is 0 Å². The molecule has 0 aliphatic carbocycles. The molecule has 0 radical (unpaired) electrons. The van der Waals surface area contributed by atoms with Crippen molar-refractivity contribution in [1.29, 1.82) is 0 Å². The quantitative estimate of drug-likeness (QED) is 0.838. The first-order chi connectivity index (χ1) is 9.52. The highest BCUT2D eigenvalue weighted by molar-refractivity contribution is 6.09. The first-order valence-electron chi connectivity index (χ1n) is 6.10. The summed E-state index contributed by atoms with van der Waals surface area (Å²) in [6, 6.07) is 12.1. The summed E-state index contributed by atoms with van der Waals surface area (Å²) in [5.41, 5.74) is 13.5. The Morgan fingerprint density at radius 3 is 2.55 bits per heavy atom. The monoisotopic (exact) mass is 271 g/mol. The molecule has 0 unspecified atom stereocenters. The maximum atomic E-state index is 12.4. The van der Waals surface area contributed by atoms with Gasteiger partial charge in [-0.05, 0) is 30.3 Å². The summed E-state index contributed by atoms with van der Waals surface area (Å²) < 4.78 is 5.15. The van der Waals surface area contributed by atoms with Gasteiger partial charge >= 0.3 is 0 Å². The highest BCUT2D eigenvalue weighted by Gasteiger charge is 2.16. The Labute approximate surface area is 117 Å². The molecule has 0 atom stereocenters. The molecule has 0 aromatic heterocycles. The molecule has 0 aliphatic rings. The van der Waals surface area contributed by atoms with Gasteiger partial charge in [0.25, 0.3) is 5.91 Å². The summed E-state index contributed by atoms with van der Waals surface area (Å²) in [4.78, 5) is 14.0. The number of ether oxygens (including phenoxy) is 1. The third-order valence-corrected chi connectivity index (χ3v) is 3.05. The van der Waals surface area contributed by atoms with E-state index in [0.29, 0.717) is 22.7 Å². The summed E-state index contributed by atoms with van der Waals surface area (Å²) in [7, 11) is 3.27. The van der Waals surface area contributed by atoms with Crippen LogP contribution in [-0.2, 0) is 0 Å². The first-order valence-corrected chi connectivity index (χ1v) is 6.10. The van der Waals surface area contributed by atoms with E-state index in [0.717, 1.165) is 5.69 Å². The smallest absolute Gasteiger partial charge is 0.260 e. The molecule has 20 heavy (non-hydrogen) atoms. The second kappa shape index (κ2) is 5.52. The fraction of sp³-hybridized carbons (Fsp3) is 0.133. The molecule has 0 spiro atoms. The molecule has 1 amide bonds. The molecule has 0 saturated heterocycles. The van der Waals surface area contributed by atoms with E-state index in [1.807, 2.05) is 18.2 Å². The molecule has 5 heteroatoms. The van der Waals surface area contributed by atoms with Crippen molar-refractivity contribution in [3.8, 4) is 5.75 Å². The number of methoxy groups -OCH3 is 1. The van der Waals surface area contributed by atoms with E-state index < -0.39 is 0 Å². The van der Waals surface area contributed by atoms with E-state index in [2.05, 4.69) is 0 Å². The standard InChI is InChI=1S/C15H17N3O2/c1-18(11-4-3-5-12(9-11)20-2)15(19)13-7-6-10(16)8-14(13)17/h3-9H,16-17H2,1-2H3. The van der Waals surface area contributed by atoms with Gasteiger partial charge in [0.1, 0.15) is 5.75 Å². The second-order valence-electron chi connectivity index (χ2n) is 4.41. The Kier molecular flexibility index (Phi) is 3.79. The lowest BCUT2D eigenvalue weighted by atomic mass is 10.1. The van der Waals surface area contributed by atoms with E-state index >= 15 is 0 Å². The fourth-order valence-electron chi connectivity index (χ4n) is 1.89. The first kappa shape index (κ1) is 13.7. The van der Waals surface area contributed by atoms with Crippen LogP contribution in [-0.4, -0.2) is 20.1 Å². The minimum atomic E-state index is -0.198. The lowest BCUT2D eigenvalue weighted by Crippen LogP contribution is -2.27. The van der Waals surface area contributed by atoms with Gasteiger partial charge in [-0.2, -0.15) is 0 Å². The molecule has 0 aliphatic heterocycles. The van der Waals surface area contributed by atoms with Gasteiger partial charge in [-0.25, -0.2) is 0 Å². The number of nitrogen functional groups attached to an aromatic ring is 2. The number of carbonyl (C=O) groups excluding carboxylic acids is 1. The molecule has 0 heterocycles. The molecule has 0 bridgehead atoms. The minimum absolute atomic E-state index is 0.198. The summed E-state index contributed by atoms with van der Waals surface area (Å²) in [5, 5.41) is 0. The van der Waals surface area contributed by atoms with Gasteiger partial charge in [-0.3, -0.25) is 4.79 Å². The average Bonchev–Trinajstić information content (AvgIpc) is 2.46. The minimum Gasteiger partial charge on any atom is -0.497 e. The number of rotatable bonds is 3. The zero-order valence-electron chi connectivity index (χ0n) is 11.5. The van der Waals surface area contributed by atoms with Crippen LogP contribution in [0.15, 0.2) is 42.5 Å². The maximum absolute atomic E-state index is 12.4. The molecule has 4 N–H and O–H groups in total. The number of benzene rings is 2. The van der Waals surface area contributed by atoms with Crippen molar-refractivity contribution in [2.45, 2.75) is 0 Å². The Hall–Kier alpha value is -2.69. The van der Waals surface area contributed by atoms with Crippen molar-refractivity contribution in [3.63, 3.8) is 0 Å². The fourth-order valence-corrected chi connectivity index (χ4v) is 1.89. The topological polar surface area (TPSA) is 81.6 Å². The Morgan fingerprint density at radius 2 is 1.90 bits per heavy atom. The van der Waals surface area contributed by atoms with E-state index in [-0.39, 0.29) is 5.91 Å². The largest absolute Gasteiger partial charge is 0.497 e. The molecule has 2 rings (SSSR count). The van der Waals surface area contributed by atoms with E-state index in [1.54, 1.807) is 38.4 Å². The van der Waals surface area contributed by atoms with Crippen molar-refractivity contribution in [2.75, 3.05) is 30.5 Å². The van der Waals surface area contributed by atoms with E-state index in [1.165, 1.54) is 4.90 Å². The summed E-state index contributed by atoms with van der Waals surface area (Å²) in [6.45, 7) is 0. The summed E-state index contributed by atoms with van der Waals surface area (Å²) in [5.74, 6) is 0.489.